The van der Waals surface area contributed by atoms with E-state index in [0.717, 1.165) is 17.7 Å². The normalized spacial score (nSPS) is 19.5. The van der Waals surface area contributed by atoms with Gasteiger partial charge in [-0.05, 0) is 42.8 Å². The first-order valence-electron chi connectivity index (χ1n) is 7.42. The van der Waals surface area contributed by atoms with Gasteiger partial charge in [0.2, 0.25) is 0 Å². The van der Waals surface area contributed by atoms with Gasteiger partial charge < -0.3 is 22.1 Å². The first-order chi connectivity index (χ1) is 11.7. The van der Waals surface area contributed by atoms with Crippen LogP contribution in [0.4, 0.5) is 13.2 Å². The summed E-state index contributed by atoms with van der Waals surface area (Å²) >= 11 is 7.36. The van der Waals surface area contributed by atoms with Crippen molar-refractivity contribution < 1.29 is 35.3 Å². The van der Waals surface area contributed by atoms with E-state index in [1.165, 1.54) is 17.8 Å². The van der Waals surface area contributed by atoms with Gasteiger partial charge >= 0.3 is 6.18 Å². The fourth-order valence-corrected chi connectivity index (χ4v) is 4.31. The number of hydrogen-bond acceptors (Lipinski definition) is 3. The number of halogens is 5. The van der Waals surface area contributed by atoms with Gasteiger partial charge in [-0.15, -0.1) is 0 Å². The summed E-state index contributed by atoms with van der Waals surface area (Å²) in [6.07, 6.45) is -4.43. The maximum Gasteiger partial charge on any atom is 0.416 e. The van der Waals surface area contributed by atoms with Crippen LogP contribution in [-0.2, 0) is 11.9 Å². The molecule has 0 saturated carbocycles. The van der Waals surface area contributed by atoms with Gasteiger partial charge in [0.05, 0.1) is 22.3 Å². The summed E-state index contributed by atoms with van der Waals surface area (Å²) in [5, 5.41) is 12.4. The number of nitrogens with zero attached hydrogens (tertiary/aromatic N) is 2. The second-order valence-electron chi connectivity index (χ2n) is 6.00. The second-order valence-corrected chi connectivity index (χ2v) is 7.35. The molecule has 1 atom stereocenters. The quantitative estimate of drug-likeness (QED) is 0.597. The van der Waals surface area contributed by atoms with Crippen molar-refractivity contribution >= 4 is 34.4 Å². The van der Waals surface area contributed by atoms with E-state index in [-0.39, 0.29) is 22.5 Å². The van der Waals surface area contributed by atoms with Crippen LogP contribution < -0.4 is 17.0 Å². The molecule has 1 unspecified atom stereocenters. The number of aryl methyl sites for hydroxylation is 1. The molecule has 26 heavy (non-hydrogen) atoms. The summed E-state index contributed by atoms with van der Waals surface area (Å²) in [5.41, 5.74) is -0.0318. The second kappa shape index (κ2) is 6.44. The number of aromatic nitrogens is 2. The molecule has 0 amide bonds. The van der Waals surface area contributed by atoms with Crippen LogP contribution in [0.5, 0.6) is 0 Å². The molecular formula is C17H12BrClF3N2OS-. The van der Waals surface area contributed by atoms with Crippen molar-refractivity contribution in [2.45, 2.75) is 24.0 Å². The smallest absolute Gasteiger partial charge is 0.416 e. The summed E-state index contributed by atoms with van der Waals surface area (Å²) in [6.45, 7) is 1.83. The van der Waals surface area contributed by atoms with Gasteiger partial charge in [0, 0.05) is 10.6 Å². The van der Waals surface area contributed by atoms with Crippen LogP contribution in [0.15, 0.2) is 41.6 Å². The molecule has 2 heterocycles. The van der Waals surface area contributed by atoms with Gasteiger partial charge in [0.1, 0.15) is 0 Å². The van der Waals surface area contributed by atoms with Gasteiger partial charge in [-0.2, -0.15) is 13.2 Å². The summed E-state index contributed by atoms with van der Waals surface area (Å²) in [7, 11) is 0. The third kappa shape index (κ3) is 2.93. The van der Waals surface area contributed by atoms with Crippen molar-refractivity contribution in [3.63, 3.8) is 0 Å². The Hall–Kier alpha value is -1.22. The maximum absolute atomic E-state index is 12.9. The standard InChI is InChI=1S/C17H12ClF3N2OS.BrH/c1-9-6-10(2-4-12(9)18)16(24)8-25-15-22-13-7-11(17(19,20)21)3-5-14(13)23(15)16;/h2-7,24H,8H2,1H3;1H/p-1. The van der Waals surface area contributed by atoms with E-state index in [1.54, 1.807) is 22.8 Å². The average molecular weight is 465 g/mol. The van der Waals surface area contributed by atoms with Gasteiger partial charge in [0.25, 0.3) is 0 Å². The van der Waals surface area contributed by atoms with Gasteiger partial charge in [-0.3, -0.25) is 4.57 Å². The highest BCUT2D eigenvalue weighted by Crippen LogP contribution is 2.44. The van der Waals surface area contributed by atoms with Crippen LogP contribution in [0.25, 0.3) is 11.0 Å². The fourth-order valence-electron chi connectivity index (χ4n) is 3.02. The SMILES string of the molecule is Cc1cc(C2(O)CSc3nc4cc(C(F)(F)F)ccc4n32)ccc1Cl.[Br-]. The van der Waals surface area contributed by atoms with E-state index in [0.29, 0.717) is 27.0 Å². The largest absolute Gasteiger partial charge is 1.00 e. The molecule has 3 aromatic rings. The predicted octanol–water partition coefficient (Wildman–Crippen LogP) is 1.82. The van der Waals surface area contributed by atoms with Crippen molar-refractivity contribution in [3.05, 3.63) is 58.1 Å². The molecule has 0 spiro atoms. The van der Waals surface area contributed by atoms with Gasteiger partial charge in [0.15, 0.2) is 10.9 Å². The van der Waals surface area contributed by atoms with Crippen molar-refractivity contribution in [2.75, 3.05) is 5.75 Å². The van der Waals surface area contributed by atoms with E-state index in [1.807, 2.05) is 6.92 Å². The minimum atomic E-state index is -4.43. The maximum atomic E-state index is 12.9. The van der Waals surface area contributed by atoms with Crippen molar-refractivity contribution in [3.8, 4) is 0 Å². The molecule has 0 fully saturated rings. The molecule has 9 heteroatoms. The number of imidazole rings is 1. The molecule has 2 aromatic carbocycles. The highest BCUT2D eigenvalue weighted by molar-refractivity contribution is 7.99. The molecule has 1 aromatic heterocycles. The van der Waals surface area contributed by atoms with E-state index < -0.39 is 17.5 Å². The lowest BCUT2D eigenvalue weighted by Crippen LogP contribution is -3.00. The predicted molar refractivity (Wildman–Crippen MR) is 90.9 cm³/mol. The Balaban J connectivity index is 0.00000196. The van der Waals surface area contributed by atoms with Crippen molar-refractivity contribution in [1.29, 1.82) is 0 Å². The summed E-state index contributed by atoms with van der Waals surface area (Å²) in [4.78, 5) is 4.27. The Morgan fingerprint density at radius 2 is 1.96 bits per heavy atom. The molecule has 0 saturated heterocycles. The number of aliphatic hydroxyl groups is 1. The zero-order valence-corrected chi connectivity index (χ0v) is 16.5. The van der Waals surface area contributed by atoms with E-state index in [4.69, 9.17) is 11.6 Å². The van der Waals surface area contributed by atoms with Crippen LogP contribution in [0.3, 0.4) is 0 Å². The van der Waals surface area contributed by atoms with E-state index >= 15 is 0 Å². The minimum absolute atomic E-state index is 0. The zero-order chi connectivity index (χ0) is 18.0. The average Bonchev–Trinajstić information content (AvgIpc) is 3.07. The summed E-state index contributed by atoms with van der Waals surface area (Å²) < 4.78 is 40.3. The first-order valence-corrected chi connectivity index (χ1v) is 8.78. The number of rotatable bonds is 1. The summed E-state index contributed by atoms with van der Waals surface area (Å²) in [5.74, 6) is 0.327. The molecule has 0 radical (unpaired) electrons. The number of alkyl halides is 3. The Kier molecular flexibility index (Phi) is 4.84. The minimum Gasteiger partial charge on any atom is -1.00 e. The number of benzene rings is 2. The van der Waals surface area contributed by atoms with Crippen LogP contribution in [0.2, 0.25) is 5.02 Å². The molecule has 1 aliphatic rings. The third-order valence-electron chi connectivity index (χ3n) is 4.34. The lowest BCUT2D eigenvalue weighted by molar-refractivity contribution is -0.137. The zero-order valence-electron chi connectivity index (χ0n) is 13.3. The monoisotopic (exact) mass is 463 g/mol. The summed E-state index contributed by atoms with van der Waals surface area (Å²) in [6, 6.07) is 8.58. The van der Waals surface area contributed by atoms with Crippen molar-refractivity contribution in [2.24, 2.45) is 0 Å². The van der Waals surface area contributed by atoms with E-state index in [9.17, 15) is 18.3 Å². The molecule has 138 valence electrons. The Bertz CT molecular complexity index is 1010. The fraction of sp³-hybridized carbons (Fsp3) is 0.235. The molecule has 4 rings (SSSR count). The topological polar surface area (TPSA) is 38.1 Å². The lowest BCUT2D eigenvalue weighted by Gasteiger charge is -2.26. The van der Waals surface area contributed by atoms with Crippen LogP contribution >= 0.6 is 23.4 Å². The number of thioether (sulfide) groups is 1. The number of hydrogen-bond donors (Lipinski definition) is 1. The first kappa shape index (κ1) is 19.5. The molecule has 1 N–H and O–H groups in total. The third-order valence-corrected chi connectivity index (χ3v) is 5.85. The lowest BCUT2D eigenvalue weighted by atomic mass is 10.0. The highest BCUT2D eigenvalue weighted by atomic mass is 79.9. The molecule has 1 aliphatic heterocycles. The molecule has 0 aliphatic carbocycles. The molecule has 0 bridgehead atoms. The highest BCUT2D eigenvalue weighted by Gasteiger charge is 2.42. The van der Waals surface area contributed by atoms with Crippen molar-refractivity contribution in [1.82, 2.24) is 9.55 Å². The Labute approximate surface area is 166 Å². The van der Waals surface area contributed by atoms with Crippen LogP contribution in [0.1, 0.15) is 16.7 Å². The van der Waals surface area contributed by atoms with Crippen LogP contribution in [0, 0.1) is 6.92 Å². The van der Waals surface area contributed by atoms with Crippen LogP contribution in [-0.4, -0.2) is 20.4 Å². The Morgan fingerprint density at radius 3 is 2.62 bits per heavy atom. The number of fused-ring (bicyclic) bond motifs is 3. The Morgan fingerprint density at radius 1 is 1.23 bits per heavy atom. The molecular weight excluding hydrogens is 453 g/mol. The van der Waals surface area contributed by atoms with Gasteiger partial charge in [-0.25, -0.2) is 4.98 Å². The molecule has 3 nitrogen and oxygen atoms in total. The van der Waals surface area contributed by atoms with E-state index in [2.05, 4.69) is 4.98 Å². The van der Waals surface area contributed by atoms with Gasteiger partial charge in [-0.1, -0.05) is 29.4 Å².